The summed E-state index contributed by atoms with van der Waals surface area (Å²) in [6.45, 7) is 0.853. The van der Waals surface area contributed by atoms with E-state index >= 15 is 0 Å². The second kappa shape index (κ2) is 10.2. The Morgan fingerprint density at radius 2 is 1.67 bits per heavy atom. The summed E-state index contributed by atoms with van der Waals surface area (Å²) in [6, 6.07) is 11.8. The first-order chi connectivity index (χ1) is 12.7. The molecular formula is C20H26IN3O3. The van der Waals surface area contributed by atoms with Crippen LogP contribution in [0.15, 0.2) is 41.4 Å². The lowest BCUT2D eigenvalue weighted by atomic mass is 10.1. The molecule has 1 aliphatic carbocycles. The summed E-state index contributed by atoms with van der Waals surface area (Å²) >= 11 is 0. The molecule has 0 bridgehead atoms. The van der Waals surface area contributed by atoms with Gasteiger partial charge in [-0.25, -0.2) is 4.99 Å². The maximum atomic E-state index is 5.97. The highest BCUT2D eigenvalue weighted by atomic mass is 127. The molecule has 3 rings (SSSR count). The Balaban J connectivity index is 0.00000261. The van der Waals surface area contributed by atoms with Gasteiger partial charge in [0.05, 0.1) is 20.8 Å². The maximum Gasteiger partial charge on any atom is 0.193 e. The van der Waals surface area contributed by atoms with Crippen molar-refractivity contribution in [2.24, 2.45) is 10.7 Å². The SMILES string of the molecule is COc1cc(OC)cc(OCCN=C(N)Nc2ccc3c(c2)CCC3)c1.I. The first-order valence-electron chi connectivity index (χ1n) is 8.72. The van der Waals surface area contributed by atoms with Gasteiger partial charge in [0.25, 0.3) is 0 Å². The van der Waals surface area contributed by atoms with E-state index in [4.69, 9.17) is 19.9 Å². The topological polar surface area (TPSA) is 78.1 Å². The third-order valence-electron chi connectivity index (χ3n) is 4.34. The summed E-state index contributed by atoms with van der Waals surface area (Å²) in [7, 11) is 3.21. The minimum Gasteiger partial charge on any atom is -0.496 e. The fourth-order valence-electron chi connectivity index (χ4n) is 3.03. The lowest BCUT2D eigenvalue weighted by molar-refractivity contribution is 0.321. The number of anilines is 1. The first kappa shape index (κ1) is 21.1. The number of nitrogens with zero attached hydrogens (tertiary/aromatic N) is 1. The summed E-state index contributed by atoms with van der Waals surface area (Å²) in [5.41, 5.74) is 9.78. The van der Waals surface area contributed by atoms with Crippen molar-refractivity contribution in [2.75, 3.05) is 32.7 Å². The zero-order valence-corrected chi connectivity index (χ0v) is 18.0. The molecule has 0 fully saturated rings. The molecule has 2 aromatic rings. The van der Waals surface area contributed by atoms with Crippen molar-refractivity contribution < 1.29 is 14.2 Å². The minimum absolute atomic E-state index is 0. The second-order valence-corrected chi connectivity index (χ2v) is 6.13. The molecule has 1 aliphatic rings. The first-order valence-corrected chi connectivity index (χ1v) is 8.72. The van der Waals surface area contributed by atoms with Crippen LogP contribution in [0.4, 0.5) is 5.69 Å². The number of halogens is 1. The highest BCUT2D eigenvalue weighted by Gasteiger charge is 2.10. The highest BCUT2D eigenvalue weighted by Crippen LogP contribution is 2.27. The molecule has 27 heavy (non-hydrogen) atoms. The van der Waals surface area contributed by atoms with Crippen LogP contribution in [-0.2, 0) is 12.8 Å². The van der Waals surface area contributed by atoms with Gasteiger partial charge in [-0.3, -0.25) is 0 Å². The van der Waals surface area contributed by atoms with Gasteiger partial charge in [-0.05, 0) is 42.5 Å². The average molecular weight is 483 g/mol. The number of rotatable bonds is 7. The summed E-state index contributed by atoms with van der Waals surface area (Å²) in [4.78, 5) is 4.31. The zero-order valence-electron chi connectivity index (χ0n) is 15.7. The van der Waals surface area contributed by atoms with E-state index in [-0.39, 0.29) is 24.0 Å². The Labute approximate surface area is 177 Å². The number of guanidine groups is 1. The molecule has 0 radical (unpaired) electrons. The number of ether oxygens (including phenoxy) is 3. The molecule has 0 heterocycles. The normalized spacial score (nSPS) is 12.7. The summed E-state index contributed by atoms with van der Waals surface area (Å²) in [5.74, 6) is 2.41. The number of fused-ring (bicyclic) bond motifs is 1. The Morgan fingerprint density at radius 1 is 1.00 bits per heavy atom. The van der Waals surface area contributed by atoms with Gasteiger partial charge < -0.3 is 25.3 Å². The van der Waals surface area contributed by atoms with Gasteiger partial charge in [-0.15, -0.1) is 24.0 Å². The van der Waals surface area contributed by atoms with Gasteiger partial charge in [-0.2, -0.15) is 0 Å². The molecule has 0 amide bonds. The number of nitrogens with one attached hydrogen (secondary N) is 1. The summed E-state index contributed by atoms with van der Waals surface area (Å²) < 4.78 is 16.1. The lowest BCUT2D eigenvalue weighted by Gasteiger charge is -2.10. The molecule has 2 aromatic carbocycles. The molecule has 7 heteroatoms. The van der Waals surface area contributed by atoms with E-state index in [0.717, 1.165) is 12.1 Å². The third kappa shape index (κ3) is 5.92. The third-order valence-corrected chi connectivity index (χ3v) is 4.34. The zero-order chi connectivity index (χ0) is 18.4. The number of hydrogen-bond acceptors (Lipinski definition) is 4. The van der Waals surface area contributed by atoms with Gasteiger partial charge in [0, 0.05) is 23.9 Å². The monoisotopic (exact) mass is 483 g/mol. The van der Waals surface area contributed by atoms with Crippen molar-refractivity contribution in [1.29, 1.82) is 0 Å². The second-order valence-electron chi connectivity index (χ2n) is 6.13. The Kier molecular flexibility index (Phi) is 8.02. The van der Waals surface area contributed by atoms with Gasteiger partial charge in [-0.1, -0.05) is 6.07 Å². The van der Waals surface area contributed by atoms with Crippen LogP contribution in [0.25, 0.3) is 0 Å². The largest absolute Gasteiger partial charge is 0.496 e. The molecule has 3 N–H and O–H groups in total. The van der Waals surface area contributed by atoms with Crippen LogP contribution in [0, 0.1) is 0 Å². The van der Waals surface area contributed by atoms with Gasteiger partial charge in [0.1, 0.15) is 23.9 Å². The Bertz CT molecular complexity index is 774. The molecule has 0 aliphatic heterocycles. The number of nitrogens with two attached hydrogens (primary N) is 1. The average Bonchev–Trinajstić information content (AvgIpc) is 3.12. The van der Waals surface area contributed by atoms with Gasteiger partial charge in [0.2, 0.25) is 0 Å². The molecule has 0 unspecified atom stereocenters. The van der Waals surface area contributed by atoms with Crippen LogP contribution < -0.4 is 25.3 Å². The quantitative estimate of drug-likeness (QED) is 0.272. The van der Waals surface area contributed by atoms with Crippen molar-refractivity contribution in [2.45, 2.75) is 19.3 Å². The minimum atomic E-state index is 0. The summed E-state index contributed by atoms with van der Waals surface area (Å²) in [5, 5.41) is 3.14. The Morgan fingerprint density at radius 3 is 2.37 bits per heavy atom. The molecule has 0 atom stereocenters. The van der Waals surface area contributed by atoms with Crippen molar-refractivity contribution in [3.63, 3.8) is 0 Å². The molecule has 0 saturated carbocycles. The van der Waals surface area contributed by atoms with Crippen LogP contribution >= 0.6 is 24.0 Å². The predicted molar refractivity (Wildman–Crippen MR) is 119 cm³/mol. The number of benzene rings is 2. The van der Waals surface area contributed by atoms with Crippen molar-refractivity contribution in [1.82, 2.24) is 0 Å². The summed E-state index contributed by atoms with van der Waals surface area (Å²) in [6.07, 6.45) is 3.54. The molecule has 0 spiro atoms. The molecular weight excluding hydrogens is 457 g/mol. The predicted octanol–water partition coefficient (Wildman–Crippen LogP) is 3.62. The van der Waals surface area contributed by atoms with Gasteiger partial charge in [0.15, 0.2) is 5.96 Å². The molecule has 0 saturated heterocycles. The van der Waals surface area contributed by atoms with E-state index in [1.54, 1.807) is 32.4 Å². The van der Waals surface area contributed by atoms with Crippen molar-refractivity contribution in [3.8, 4) is 17.2 Å². The number of aryl methyl sites for hydroxylation is 2. The number of aliphatic imine (C=N–C) groups is 1. The van der Waals surface area contributed by atoms with Crippen LogP contribution in [0.3, 0.4) is 0 Å². The fourth-order valence-corrected chi connectivity index (χ4v) is 3.03. The number of hydrogen-bond donors (Lipinski definition) is 2. The van der Waals surface area contributed by atoms with E-state index in [9.17, 15) is 0 Å². The lowest BCUT2D eigenvalue weighted by Crippen LogP contribution is -2.23. The van der Waals surface area contributed by atoms with E-state index < -0.39 is 0 Å². The molecule has 146 valence electrons. The standard InChI is InChI=1S/C20H25N3O3.HI/c1-24-17-11-18(25-2)13-19(12-17)26-9-8-22-20(21)23-16-7-6-14-4-3-5-15(14)10-16;/h6-7,10-13H,3-5,8-9H2,1-2H3,(H3,21,22,23);1H. The van der Waals surface area contributed by atoms with Crippen molar-refractivity contribution in [3.05, 3.63) is 47.5 Å². The molecule has 6 nitrogen and oxygen atoms in total. The van der Waals surface area contributed by atoms with E-state index in [1.165, 1.54) is 24.0 Å². The van der Waals surface area contributed by atoms with Crippen LogP contribution in [0.5, 0.6) is 17.2 Å². The van der Waals surface area contributed by atoms with Crippen LogP contribution in [0.2, 0.25) is 0 Å². The highest BCUT2D eigenvalue weighted by molar-refractivity contribution is 14.0. The molecule has 0 aromatic heterocycles. The Hall–Kier alpha value is -2.16. The fraction of sp³-hybridized carbons (Fsp3) is 0.350. The van der Waals surface area contributed by atoms with Gasteiger partial charge >= 0.3 is 0 Å². The van der Waals surface area contributed by atoms with Crippen LogP contribution in [-0.4, -0.2) is 33.3 Å². The van der Waals surface area contributed by atoms with E-state index in [2.05, 4.69) is 22.4 Å². The van der Waals surface area contributed by atoms with E-state index in [0.29, 0.717) is 36.4 Å². The van der Waals surface area contributed by atoms with Crippen molar-refractivity contribution >= 4 is 35.6 Å². The van der Waals surface area contributed by atoms with Crippen LogP contribution in [0.1, 0.15) is 17.5 Å². The van der Waals surface area contributed by atoms with E-state index in [1.807, 2.05) is 6.07 Å². The maximum absolute atomic E-state index is 5.97. The smallest absolute Gasteiger partial charge is 0.193 e. The number of methoxy groups -OCH3 is 2.